The van der Waals surface area contributed by atoms with Crippen LogP contribution >= 0.6 is 0 Å². The molecule has 0 fully saturated rings. The molecule has 242 valence electrons. The molecule has 0 aromatic heterocycles. The molecular formula is C52H34. The van der Waals surface area contributed by atoms with Gasteiger partial charge in [-0.2, -0.15) is 0 Å². The van der Waals surface area contributed by atoms with E-state index >= 15 is 0 Å². The van der Waals surface area contributed by atoms with Crippen molar-refractivity contribution in [3.63, 3.8) is 0 Å². The lowest BCUT2D eigenvalue weighted by Gasteiger charge is -2.21. The van der Waals surface area contributed by atoms with Crippen LogP contribution in [0.25, 0.3) is 98.8 Å². The van der Waals surface area contributed by atoms with E-state index in [4.69, 9.17) is 0 Å². The van der Waals surface area contributed by atoms with E-state index in [0.29, 0.717) is 0 Å². The topological polar surface area (TPSA) is 0 Å². The Labute approximate surface area is 303 Å². The average Bonchev–Trinajstić information content (AvgIpc) is 3.72. The number of fused-ring (bicyclic) bond motifs is 6. The van der Waals surface area contributed by atoms with Crippen molar-refractivity contribution in [2.75, 3.05) is 0 Å². The Bertz CT molecular complexity index is 3030. The number of hydrogen-bond acceptors (Lipinski definition) is 0. The molecular weight excluding hydrogens is 625 g/mol. The van der Waals surface area contributed by atoms with Crippen molar-refractivity contribution in [1.29, 1.82) is 0 Å². The Balaban J connectivity index is 1.21. The van der Waals surface area contributed by atoms with Crippen molar-refractivity contribution in [3.05, 3.63) is 180 Å². The Morgan fingerprint density at radius 2 is 0.827 bits per heavy atom. The zero-order chi connectivity index (χ0) is 33.9. The molecule has 0 radical (unpaired) electrons. The molecule has 0 spiro atoms. The van der Waals surface area contributed by atoms with Gasteiger partial charge >= 0.3 is 0 Å². The van der Waals surface area contributed by atoms with Crippen LogP contribution in [0.2, 0.25) is 0 Å². The van der Waals surface area contributed by atoms with Crippen LogP contribution in [0.1, 0.15) is 47.9 Å². The van der Waals surface area contributed by atoms with E-state index in [1.807, 2.05) is 0 Å². The maximum atomic E-state index is 2.47. The standard InChI is InChI=1S/C52H34/c1-2-12-31(13-3-1)32-24-25-47-48(30-32)52(46-29-27-44-36-17-7-5-15-34(36)38-21-11-23-42(46)50(38)44)40-19-9-8-18-39(40)51(47)45-28-26-43-35-16-6-4-14-33(35)37-20-10-22-41(45)49(37)43/h1-5,8-15,18-30H,6-7,16-17H2. The van der Waals surface area contributed by atoms with Crippen molar-refractivity contribution in [2.24, 2.45) is 0 Å². The van der Waals surface area contributed by atoms with E-state index in [1.165, 1.54) is 121 Å². The van der Waals surface area contributed by atoms with Crippen LogP contribution in [0.15, 0.2) is 158 Å². The van der Waals surface area contributed by atoms with Gasteiger partial charge in [0, 0.05) is 0 Å². The minimum absolute atomic E-state index is 1.11. The smallest absolute Gasteiger partial charge is 0.00199 e. The fraction of sp³-hybridized carbons (Fsp3) is 0.0769. The summed E-state index contributed by atoms with van der Waals surface area (Å²) in [6, 6.07) is 50.9. The average molecular weight is 659 g/mol. The van der Waals surface area contributed by atoms with E-state index in [1.54, 1.807) is 0 Å². The molecule has 0 saturated heterocycles. The Kier molecular flexibility index (Phi) is 5.82. The molecule has 0 saturated carbocycles. The Morgan fingerprint density at radius 3 is 1.42 bits per heavy atom. The summed E-state index contributed by atoms with van der Waals surface area (Å²) in [5.74, 6) is 0. The van der Waals surface area contributed by atoms with E-state index in [2.05, 4.69) is 158 Å². The summed E-state index contributed by atoms with van der Waals surface area (Å²) >= 11 is 0. The Morgan fingerprint density at radius 1 is 0.327 bits per heavy atom. The lowest BCUT2D eigenvalue weighted by molar-refractivity contribution is 1.06. The highest BCUT2D eigenvalue weighted by Gasteiger charge is 2.29. The van der Waals surface area contributed by atoms with E-state index in [0.717, 1.165) is 25.7 Å². The molecule has 8 aromatic rings. The highest BCUT2D eigenvalue weighted by atomic mass is 14.3. The van der Waals surface area contributed by atoms with Gasteiger partial charge in [0.2, 0.25) is 0 Å². The maximum absolute atomic E-state index is 2.47. The largest absolute Gasteiger partial charge is 0.0836 e. The molecule has 8 aromatic carbocycles. The SMILES string of the molecule is C1=CC2=C(CC1)c1ccc(-c3c4ccccc4c(-c4ccc5c6c(cccc46)C4=C5CCC=C4)c4cc(-c5ccccc5)ccc34)c3cccc2c13. The number of hydrogen-bond donors (Lipinski definition) is 0. The summed E-state index contributed by atoms with van der Waals surface area (Å²) in [5, 5.41) is 10.7. The molecule has 4 aliphatic rings. The van der Waals surface area contributed by atoms with Crippen LogP contribution in [0.5, 0.6) is 0 Å². The summed E-state index contributed by atoms with van der Waals surface area (Å²) in [7, 11) is 0. The molecule has 0 heteroatoms. The lowest BCUT2D eigenvalue weighted by Crippen LogP contribution is -1.94. The quantitative estimate of drug-likeness (QED) is 0.166. The van der Waals surface area contributed by atoms with E-state index in [-0.39, 0.29) is 0 Å². The monoisotopic (exact) mass is 658 g/mol. The minimum atomic E-state index is 1.11. The first kappa shape index (κ1) is 28.5. The molecule has 0 atom stereocenters. The van der Waals surface area contributed by atoms with E-state index < -0.39 is 0 Å². The summed E-state index contributed by atoms with van der Waals surface area (Å²) in [6.45, 7) is 0. The molecule has 0 unspecified atom stereocenters. The van der Waals surface area contributed by atoms with Gasteiger partial charge in [-0.1, -0.05) is 152 Å². The molecule has 0 amide bonds. The van der Waals surface area contributed by atoms with Crippen LogP contribution in [-0.2, 0) is 0 Å². The second-order valence-electron chi connectivity index (χ2n) is 14.9. The fourth-order valence-corrected chi connectivity index (χ4v) is 10.2. The fourth-order valence-electron chi connectivity index (χ4n) is 10.2. The number of allylic oxidation sites excluding steroid dienone is 8. The number of rotatable bonds is 3. The van der Waals surface area contributed by atoms with Gasteiger partial charge in [0.15, 0.2) is 0 Å². The highest BCUT2D eigenvalue weighted by Crippen LogP contribution is 2.54. The summed E-state index contributed by atoms with van der Waals surface area (Å²) in [6.07, 6.45) is 13.9. The van der Waals surface area contributed by atoms with Crippen LogP contribution in [-0.4, -0.2) is 0 Å². The second-order valence-corrected chi connectivity index (χ2v) is 14.9. The number of benzene rings is 8. The predicted molar refractivity (Wildman–Crippen MR) is 223 cm³/mol. The van der Waals surface area contributed by atoms with Gasteiger partial charge < -0.3 is 0 Å². The van der Waals surface area contributed by atoms with E-state index in [9.17, 15) is 0 Å². The van der Waals surface area contributed by atoms with Crippen LogP contribution in [0.4, 0.5) is 0 Å². The lowest BCUT2D eigenvalue weighted by atomic mass is 9.82. The van der Waals surface area contributed by atoms with Gasteiger partial charge in [0.1, 0.15) is 0 Å². The zero-order valence-electron chi connectivity index (χ0n) is 28.8. The molecule has 0 N–H and O–H groups in total. The van der Waals surface area contributed by atoms with Crippen molar-refractivity contribution in [3.8, 4) is 33.4 Å². The van der Waals surface area contributed by atoms with Crippen molar-refractivity contribution in [2.45, 2.75) is 25.7 Å². The molecule has 0 nitrogen and oxygen atoms in total. The molecule has 0 bridgehead atoms. The van der Waals surface area contributed by atoms with Gasteiger partial charge in [-0.3, -0.25) is 0 Å². The molecule has 0 heterocycles. The summed E-state index contributed by atoms with van der Waals surface area (Å²) in [5.41, 5.74) is 19.2. The van der Waals surface area contributed by atoms with Crippen molar-refractivity contribution >= 4 is 65.4 Å². The molecule has 4 aliphatic carbocycles. The van der Waals surface area contributed by atoms with Gasteiger partial charge in [-0.25, -0.2) is 0 Å². The first-order chi connectivity index (χ1) is 25.8. The first-order valence-electron chi connectivity index (χ1n) is 18.8. The minimum Gasteiger partial charge on any atom is -0.0836 e. The highest BCUT2D eigenvalue weighted by molar-refractivity contribution is 6.29. The third kappa shape index (κ3) is 3.77. The van der Waals surface area contributed by atoms with Crippen LogP contribution < -0.4 is 0 Å². The summed E-state index contributed by atoms with van der Waals surface area (Å²) in [4.78, 5) is 0. The molecule has 12 rings (SSSR count). The molecule has 52 heavy (non-hydrogen) atoms. The first-order valence-corrected chi connectivity index (χ1v) is 18.8. The van der Waals surface area contributed by atoms with Gasteiger partial charge in [-0.05, 0) is 153 Å². The Hall–Kier alpha value is -6.24. The summed E-state index contributed by atoms with van der Waals surface area (Å²) < 4.78 is 0. The third-order valence-corrected chi connectivity index (χ3v) is 12.3. The zero-order valence-corrected chi connectivity index (χ0v) is 28.8. The maximum Gasteiger partial charge on any atom is -0.00199 e. The van der Waals surface area contributed by atoms with Gasteiger partial charge in [-0.15, -0.1) is 0 Å². The predicted octanol–water partition coefficient (Wildman–Crippen LogP) is 14.4. The van der Waals surface area contributed by atoms with Crippen LogP contribution in [0, 0.1) is 0 Å². The third-order valence-electron chi connectivity index (χ3n) is 12.3. The molecule has 0 aliphatic heterocycles. The van der Waals surface area contributed by atoms with Crippen LogP contribution in [0.3, 0.4) is 0 Å². The normalized spacial score (nSPS) is 15.5. The van der Waals surface area contributed by atoms with Crippen molar-refractivity contribution < 1.29 is 0 Å². The van der Waals surface area contributed by atoms with Crippen molar-refractivity contribution in [1.82, 2.24) is 0 Å². The second kappa shape index (κ2) is 10.6. The van der Waals surface area contributed by atoms with Gasteiger partial charge in [0.05, 0.1) is 0 Å². The van der Waals surface area contributed by atoms with Gasteiger partial charge in [0.25, 0.3) is 0 Å².